The van der Waals surface area contributed by atoms with Crippen molar-refractivity contribution in [2.45, 2.75) is 37.3 Å². The van der Waals surface area contributed by atoms with Gasteiger partial charge >= 0.3 is 6.18 Å². The standard InChI is InChI=1S/C19H22F3N3O3S2/c1-2-24(15-8-9-30(27,28)12-15)17(26)11-29-18-23-10-16(14-6-4-3-5-7-14)25(18)13-19(20,21)22/h3-7,10,15H,2,8-9,11-13H2,1H3. The van der Waals surface area contributed by atoms with Gasteiger partial charge in [-0.15, -0.1) is 0 Å². The zero-order valence-electron chi connectivity index (χ0n) is 16.3. The van der Waals surface area contributed by atoms with Crippen LogP contribution in [0.1, 0.15) is 13.3 Å². The van der Waals surface area contributed by atoms with Crippen LogP contribution < -0.4 is 0 Å². The fourth-order valence-corrected chi connectivity index (χ4v) is 6.11. The zero-order valence-corrected chi connectivity index (χ0v) is 17.9. The quantitative estimate of drug-likeness (QED) is 0.592. The van der Waals surface area contributed by atoms with Crippen LogP contribution in [0.15, 0.2) is 41.7 Å². The van der Waals surface area contributed by atoms with Crippen LogP contribution in [0.2, 0.25) is 0 Å². The third kappa shape index (κ3) is 5.57. The van der Waals surface area contributed by atoms with E-state index in [4.69, 9.17) is 0 Å². The number of aromatic nitrogens is 2. The average Bonchev–Trinajstić information content (AvgIpc) is 3.23. The van der Waals surface area contributed by atoms with Crippen molar-refractivity contribution in [1.82, 2.24) is 14.5 Å². The summed E-state index contributed by atoms with van der Waals surface area (Å²) < 4.78 is 64.0. The average molecular weight is 462 g/mol. The Hall–Kier alpha value is -2.01. The van der Waals surface area contributed by atoms with Gasteiger partial charge in [0.2, 0.25) is 5.91 Å². The smallest absolute Gasteiger partial charge is 0.338 e. The molecule has 1 aliphatic rings. The van der Waals surface area contributed by atoms with Gasteiger partial charge in [0.25, 0.3) is 0 Å². The molecule has 30 heavy (non-hydrogen) atoms. The normalized spacial score (nSPS) is 18.5. The first-order valence-corrected chi connectivity index (χ1v) is 12.2. The van der Waals surface area contributed by atoms with E-state index in [-0.39, 0.29) is 34.4 Å². The molecule has 0 aliphatic carbocycles. The molecule has 0 saturated carbocycles. The summed E-state index contributed by atoms with van der Waals surface area (Å²) in [6.45, 7) is 0.879. The van der Waals surface area contributed by atoms with Crippen molar-refractivity contribution >= 4 is 27.5 Å². The zero-order chi connectivity index (χ0) is 21.9. The van der Waals surface area contributed by atoms with Crippen molar-refractivity contribution < 1.29 is 26.4 Å². The monoisotopic (exact) mass is 461 g/mol. The van der Waals surface area contributed by atoms with E-state index in [1.54, 1.807) is 37.3 Å². The maximum absolute atomic E-state index is 13.2. The highest BCUT2D eigenvalue weighted by Crippen LogP contribution is 2.30. The number of halogens is 3. The lowest BCUT2D eigenvalue weighted by molar-refractivity contribution is -0.141. The highest BCUT2D eigenvalue weighted by Gasteiger charge is 2.34. The highest BCUT2D eigenvalue weighted by molar-refractivity contribution is 7.99. The van der Waals surface area contributed by atoms with E-state index in [9.17, 15) is 26.4 Å². The number of hydrogen-bond donors (Lipinski definition) is 0. The number of benzene rings is 1. The number of nitrogens with zero attached hydrogens (tertiary/aromatic N) is 3. The minimum Gasteiger partial charge on any atom is -0.338 e. The minimum atomic E-state index is -4.45. The molecule has 164 valence electrons. The van der Waals surface area contributed by atoms with Gasteiger partial charge in [0.1, 0.15) is 6.54 Å². The maximum Gasteiger partial charge on any atom is 0.406 e. The minimum absolute atomic E-state index is 0.0466. The second-order valence-corrected chi connectivity index (χ2v) is 10.2. The molecule has 1 amide bonds. The Balaban J connectivity index is 1.77. The molecule has 1 aromatic heterocycles. The van der Waals surface area contributed by atoms with Crippen molar-refractivity contribution in [2.75, 3.05) is 23.8 Å². The summed E-state index contributed by atoms with van der Waals surface area (Å²) in [5, 5.41) is 0.0922. The molecule has 1 fully saturated rings. The van der Waals surface area contributed by atoms with Gasteiger partial charge < -0.3 is 9.47 Å². The van der Waals surface area contributed by atoms with E-state index in [1.807, 2.05) is 0 Å². The van der Waals surface area contributed by atoms with Crippen LogP contribution in [0.4, 0.5) is 13.2 Å². The Morgan fingerprint density at radius 1 is 1.30 bits per heavy atom. The molecule has 0 N–H and O–H groups in total. The fraction of sp³-hybridized carbons (Fsp3) is 0.474. The third-order valence-corrected chi connectivity index (χ3v) is 7.59. The summed E-state index contributed by atoms with van der Waals surface area (Å²) in [6, 6.07) is 8.23. The Labute approximate surface area is 177 Å². The first-order valence-electron chi connectivity index (χ1n) is 9.40. The van der Waals surface area contributed by atoms with Crippen molar-refractivity contribution in [3.8, 4) is 11.3 Å². The lowest BCUT2D eigenvalue weighted by atomic mass is 10.2. The van der Waals surface area contributed by atoms with E-state index >= 15 is 0 Å². The molecule has 1 unspecified atom stereocenters. The van der Waals surface area contributed by atoms with Crippen LogP contribution in [0, 0.1) is 0 Å². The van der Waals surface area contributed by atoms with E-state index in [0.29, 0.717) is 24.2 Å². The van der Waals surface area contributed by atoms with Gasteiger partial charge in [0.15, 0.2) is 15.0 Å². The topological polar surface area (TPSA) is 72.3 Å². The van der Waals surface area contributed by atoms with E-state index < -0.39 is 22.6 Å². The molecular weight excluding hydrogens is 439 g/mol. The van der Waals surface area contributed by atoms with Crippen LogP contribution in [-0.4, -0.2) is 64.8 Å². The molecule has 6 nitrogen and oxygen atoms in total. The molecule has 2 heterocycles. The second kappa shape index (κ2) is 9.01. The van der Waals surface area contributed by atoms with Crippen molar-refractivity contribution in [3.05, 3.63) is 36.5 Å². The molecule has 3 rings (SSSR count). The first-order chi connectivity index (χ1) is 14.1. The lowest BCUT2D eigenvalue weighted by Crippen LogP contribution is -2.42. The number of hydrogen-bond acceptors (Lipinski definition) is 5. The number of rotatable bonds is 7. The van der Waals surface area contributed by atoms with Gasteiger partial charge in [-0.2, -0.15) is 13.2 Å². The van der Waals surface area contributed by atoms with Gasteiger partial charge in [0, 0.05) is 12.6 Å². The summed E-state index contributed by atoms with van der Waals surface area (Å²) in [6.07, 6.45) is -2.69. The molecular formula is C19H22F3N3O3S2. The van der Waals surface area contributed by atoms with Crippen LogP contribution in [0.5, 0.6) is 0 Å². The molecule has 1 saturated heterocycles. The van der Waals surface area contributed by atoms with Gasteiger partial charge in [0.05, 0.1) is 29.1 Å². The summed E-state index contributed by atoms with van der Waals surface area (Å²) in [5.41, 5.74) is 0.913. The first kappa shape index (κ1) is 22.7. The second-order valence-electron chi connectivity index (χ2n) is 7.02. The Kier molecular flexibility index (Phi) is 6.81. The Bertz CT molecular complexity index is 991. The van der Waals surface area contributed by atoms with Crippen molar-refractivity contribution in [2.24, 2.45) is 0 Å². The molecule has 0 bridgehead atoms. The Morgan fingerprint density at radius 3 is 2.57 bits per heavy atom. The van der Waals surface area contributed by atoms with Gasteiger partial charge in [-0.25, -0.2) is 13.4 Å². The molecule has 1 atom stereocenters. The van der Waals surface area contributed by atoms with E-state index in [2.05, 4.69) is 4.98 Å². The molecule has 2 aromatic rings. The number of thioether (sulfide) groups is 1. The van der Waals surface area contributed by atoms with Crippen LogP contribution in [0.25, 0.3) is 11.3 Å². The molecule has 11 heteroatoms. The number of alkyl halides is 3. The molecule has 1 aliphatic heterocycles. The fourth-order valence-electron chi connectivity index (χ4n) is 3.51. The van der Waals surface area contributed by atoms with Crippen molar-refractivity contribution in [1.29, 1.82) is 0 Å². The molecule has 0 spiro atoms. The largest absolute Gasteiger partial charge is 0.406 e. The molecule has 1 aromatic carbocycles. The Morgan fingerprint density at radius 2 is 2.00 bits per heavy atom. The van der Waals surface area contributed by atoms with Gasteiger partial charge in [-0.1, -0.05) is 42.1 Å². The predicted molar refractivity (Wildman–Crippen MR) is 109 cm³/mol. The number of amides is 1. The van der Waals surface area contributed by atoms with E-state index in [0.717, 1.165) is 16.3 Å². The lowest BCUT2D eigenvalue weighted by Gasteiger charge is -2.26. The highest BCUT2D eigenvalue weighted by atomic mass is 32.2. The van der Waals surface area contributed by atoms with E-state index in [1.165, 1.54) is 11.1 Å². The number of carbonyl (C=O) groups is 1. The summed E-state index contributed by atoms with van der Waals surface area (Å²) >= 11 is 0.925. The number of sulfone groups is 1. The predicted octanol–water partition coefficient (Wildman–Crippen LogP) is 3.24. The molecule has 0 radical (unpaired) electrons. The van der Waals surface area contributed by atoms with Crippen LogP contribution >= 0.6 is 11.8 Å². The third-order valence-electron chi connectivity index (χ3n) is 4.86. The van der Waals surface area contributed by atoms with Crippen molar-refractivity contribution in [3.63, 3.8) is 0 Å². The SMILES string of the molecule is CCN(C(=O)CSc1ncc(-c2ccccc2)n1CC(F)(F)F)C1CCS(=O)(=O)C1. The number of imidazole rings is 1. The maximum atomic E-state index is 13.2. The summed E-state index contributed by atoms with van der Waals surface area (Å²) in [5.74, 6) is -0.455. The van der Waals surface area contributed by atoms with Gasteiger partial charge in [-0.3, -0.25) is 4.79 Å². The van der Waals surface area contributed by atoms with Crippen LogP contribution in [-0.2, 0) is 21.2 Å². The van der Waals surface area contributed by atoms with Gasteiger partial charge in [-0.05, 0) is 18.9 Å². The van der Waals surface area contributed by atoms with Crippen LogP contribution in [0.3, 0.4) is 0 Å². The summed E-state index contributed by atoms with van der Waals surface area (Å²) in [4.78, 5) is 18.3. The number of carbonyl (C=O) groups excluding carboxylic acids is 1. The summed E-state index contributed by atoms with van der Waals surface area (Å²) in [7, 11) is -3.15.